The van der Waals surface area contributed by atoms with Crippen LogP contribution in [-0.4, -0.2) is 16.3 Å². The summed E-state index contributed by atoms with van der Waals surface area (Å²) in [5, 5.41) is 20.3. The highest BCUT2D eigenvalue weighted by Crippen LogP contribution is 2.60. The first-order chi connectivity index (χ1) is 10.4. The molecule has 2 fully saturated rings. The second kappa shape index (κ2) is 4.24. The Bertz CT molecular complexity index is 630. The van der Waals surface area contributed by atoms with Gasteiger partial charge in [-0.2, -0.15) is 0 Å². The van der Waals surface area contributed by atoms with Crippen molar-refractivity contribution in [2.24, 2.45) is 17.3 Å². The fourth-order valence-corrected chi connectivity index (χ4v) is 5.38. The van der Waals surface area contributed by atoms with Crippen LogP contribution in [0, 0.1) is 17.3 Å². The third-order valence-electron chi connectivity index (χ3n) is 6.50. The van der Waals surface area contributed by atoms with Gasteiger partial charge < -0.3 is 10.2 Å². The molecule has 3 aliphatic rings. The zero-order valence-corrected chi connectivity index (χ0v) is 12.0. The molecule has 0 spiro atoms. The number of aromatic hydroxyl groups is 1. The summed E-state index contributed by atoms with van der Waals surface area (Å²) >= 11 is 0. The molecule has 5 atom stereocenters. The maximum Gasteiger partial charge on any atom is 0.115 e. The molecule has 3 aliphatic carbocycles. The molecular formula is C18H24O2. The third-order valence-corrected chi connectivity index (χ3v) is 6.50. The van der Waals surface area contributed by atoms with Crippen molar-refractivity contribution in [2.45, 2.75) is 57.5 Å². The Morgan fingerprint density at radius 1 is 1.30 bits per heavy atom. The molecule has 0 heterocycles. The molecule has 2 heteroatoms. The van der Waals surface area contributed by atoms with Crippen LogP contribution in [0.5, 0.6) is 5.75 Å². The number of benzene rings is 1. The molecule has 0 aliphatic heterocycles. The molecule has 0 saturated heterocycles. The van der Waals surface area contributed by atoms with Crippen LogP contribution in [0.15, 0.2) is 18.2 Å². The Morgan fingerprint density at radius 3 is 3.00 bits per heavy atom. The molecule has 1 aromatic carbocycles. The minimum Gasteiger partial charge on any atom is -0.508 e. The van der Waals surface area contributed by atoms with Crippen molar-refractivity contribution in [2.75, 3.05) is 0 Å². The highest BCUT2D eigenvalue weighted by Gasteiger charge is 2.54. The van der Waals surface area contributed by atoms with E-state index in [0.29, 0.717) is 17.8 Å². The number of fused-ring (bicyclic) bond motifs is 5. The molecule has 2 saturated carbocycles. The lowest BCUT2D eigenvalue weighted by molar-refractivity contribution is -0.0226. The monoisotopic (exact) mass is 274 g/mol. The quantitative estimate of drug-likeness (QED) is 0.758. The number of hydrogen-bond donors (Lipinski definition) is 2. The van der Waals surface area contributed by atoms with Gasteiger partial charge in [0.05, 0.1) is 8.85 Å². The fourth-order valence-electron chi connectivity index (χ4n) is 5.38. The Kier molecular flexibility index (Phi) is 2.26. The van der Waals surface area contributed by atoms with Crippen molar-refractivity contribution in [3.05, 3.63) is 29.3 Å². The molecule has 20 heavy (non-hydrogen) atoms. The van der Waals surface area contributed by atoms with Gasteiger partial charge in [0.2, 0.25) is 0 Å². The summed E-state index contributed by atoms with van der Waals surface area (Å²) in [4.78, 5) is 0. The Hall–Kier alpha value is -1.02. The van der Waals surface area contributed by atoms with Crippen LogP contribution in [-0.2, 0) is 6.42 Å². The van der Waals surface area contributed by atoms with Crippen molar-refractivity contribution in [1.29, 1.82) is 0 Å². The van der Waals surface area contributed by atoms with Crippen molar-refractivity contribution in [1.82, 2.24) is 0 Å². The Morgan fingerprint density at radius 2 is 2.15 bits per heavy atom. The SMILES string of the molecule is [2H]c1cc2c(c([2H])c1O)CCC1C2CCC2(C)C1CC[C@@H]2O. The van der Waals surface area contributed by atoms with Gasteiger partial charge in [-0.05, 0) is 84.9 Å². The number of aliphatic hydroxyl groups is 1. The van der Waals surface area contributed by atoms with Gasteiger partial charge in [-0.25, -0.2) is 0 Å². The van der Waals surface area contributed by atoms with E-state index in [9.17, 15) is 10.2 Å². The van der Waals surface area contributed by atoms with E-state index in [-0.39, 0.29) is 29.4 Å². The van der Waals surface area contributed by atoms with Gasteiger partial charge in [-0.1, -0.05) is 13.0 Å². The van der Waals surface area contributed by atoms with Gasteiger partial charge in [0, 0.05) is 0 Å². The fraction of sp³-hybridized carbons (Fsp3) is 0.667. The summed E-state index contributed by atoms with van der Waals surface area (Å²) < 4.78 is 16.0. The summed E-state index contributed by atoms with van der Waals surface area (Å²) in [6.45, 7) is 2.25. The molecule has 2 nitrogen and oxygen atoms in total. The average Bonchev–Trinajstić information content (AvgIpc) is 2.80. The van der Waals surface area contributed by atoms with Crippen LogP contribution < -0.4 is 0 Å². The van der Waals surface area contributed by atoms with Gasteiger partial charge in [0.25, 0.3) is 0 Å². The van der Waals surface area contributed by atoms with Crippen LogP contribution in [0.2, 0.25) is 0 Å². The van der Waals surface area contributed by atoms with E-state index in [1.54, 1.807) is 6.07 Å². The normalized spacial score (nSPS) is 44.1. The maximum absolute atomic E-state index is 10.4. The van der Waals surface area contributed by atoms with E-state index < -0.39 is 0 Å². The van der Waals surface area contributed by atoms with Crippen LogP contribution >= 0.6 is 0 Å². The Labute approximate surface area is 123 Å². The highest BCUT2D eigenvalue weighted by molar-refractivity contribution is 5.40. The molecule has 108 valence electrons. The lowest BCUT2D eigenvalue weighted by Crippen LogP contribution is -2.43. The number of rotatable bonds is 0. The topological polar surface area (TPSA) is 40.5 Å². The van der Waals surface area contributed by atoms with Gasteiger partial charge in [0.15, 0.2) is 0 Å². The molecular weight excluding hydrogens is 248 g/mol. The van der Waals surface area contributed by atoms with Crippen molar-refractivity contribution in [3.63, 3.8) is 0 Å². The lowest BCUT2D eigenvalue weighted by Gasteiger charge is -2.50. The summed E-state index contributed by atoms with van der Waals surface area (Å²) in [7, 11) is 0. The van der Waals surface area contributed by atoms with E-state index >= 15 is 0 Å². The lowest BCUT2D eigenvalue weighted by atomic mass is 9.55. The second-order valence-corrected chi connectivity index (χ2v) is 7.25. The summed E-state index contributed by atoms with van der Waals surface area (Å²) in [5.41, 5.74) is 2.15. The maximum atomic E-state index is 10.4. The molecule has 1 aromatic rings. The van der Waals surface area contributed by atoms with Crippen LogP contribution in [0.25, 0.3) is 0 Å². The minimum absolute atomic E-state index is 0.0587. The Balaban J connectivity index is 1.76. The van der Waals surface area contributed by atoms with Crippen LogP contribution in [0.4, 0.5) is 0 Å². The van der Waals surface area contributed by atoms with E-state index in [0.717, 1.165) is 49.7 Å². The van der Waals surface area contributed by atoms with Gasteiger partial charge >= 0.3 is 0 Å². The van der Waals surface area contributed by atoms with Crippen LogP contribution in [0.3, 0.4) is 0 Å². The van der Waals surface area contributed by atoms with Gasteiger partial charge in [-0.15, -0.1) is 0 Å². The van der Waals surface area contributed by atoms with E-state index in [4.69, 9.17) is 2.74 Å². The molecule has 0 radical (unpaired) electrons. The zero-order chi connectivity index (χ0) is 15.6. The molecule has 0 amide bonds. The summed E-state index contributed by atoms with van der Waals surface area (Å²) in [6, 6.07) is 2.05. The molecule has 0 bridgehead atoms. The predicted octanol–water partition coefficient (Wildman–Crippen LogP) is 3.61. The predicted molar refractivity (Wildman–Crippen MR) is 78.7 cm³/mol. The van der Waals surface area contributed by atoms with Gasteiger partial charge in [-0.3, -0.25) is 0 Å². The third kappa shape index (κ3) is 1.60. The first kappa shape index (κ1) is 10.7. The van der Waals surface area contributed by atoms with Crippen molar-refractivity contribution >= 4 is 0 Å². The van der Waals surface area contributed by atoms with Crippen LogP contribution in [0.1, 0.15) is 58.8 Å². The largest absolute Gasteiger partial charge is 0.508 e. The molecule has 4 unspecified atom stereocenters. The number of phenols is 1. The van der Waals surface area contributed by atoms with Gasteiger partial charge in [0.1, 0.15) is 5.75 Å². The van der Waals surface area contributed by atoms with E-state index in [1.165, 1.54) is 0 Å². The number of hydrogen-bond acceptors (Lipinski definition) is 2. The van der Waals surface area contributed by atoms with E-state index in [1.807, 2.05) is 0 Å². The number of phenolic OH excluding ortho intramolecular Hbond substituents is 1. The summed E-state index contributed by atoms with van der Waals surface area (Å²) in [5.74, 6) is 1.35. The number of aliphatic hydroxyl groups excluding tert-OH is 1. The second-order valence-electron chi connectivity index (χ2n) is 7.25. The average molecular weight is 274 g/mol. The first-order valence-corrected chi connectivity index (χ1v) is 7.93. The highest BCUT2D eigenvalue weighted by atomic mass is 16.3. The standard InChI is InChI=1S/C18H24O2/c1-18-9-8-14-13-5-3-12(19)10-11(13)2-4-15(14)16(18)6-7-17(18)20/h3,5,10,14-17,19-20H,2,4,6-9H2,1H3/t14?,15?,16?,17-,18?/m0/s1/i3D,10D. The first-order valence-electron chi connectivity index (χ1n) is 8.93. The van der Waals surface area contributed by atoms with Crippen molar-refractivity contribution in [3.8, 4) is 5.75 Å². The molecule has 2 N–H and O–H groups in total. The molecule has 0 aromatic heterocycles. The van der Waals surface area contributed by atoms with E-state index in [2.05, 4.69) is 6.92 Å². The zero-order valence-electron chi connectivity index (χ0n) is 14.0. The smallest absolute Gasteiger partial charge is 0.115 e. The minimum atomic E-state index is -0.172. The summed E-state index contributed by atoms with van der Waals surface area (Å²) in [6.07, 6.45) is 5.79. The molecule has 4 rings (SSSR count). The van der Waals surface area contributed by atoms with Crippen molar-refractivity contribution < 1.29 is 13.0 Å².